The second-order valence-electron chi connectivity index (χ2n) is 7.18. The van der Waals surface area contributed by atoms with Crippen LogP contribution in [0.25, 0.3) is 0 Å². The van der Waals surface area contributed by atoms with Gasteiger partial charge in [-0.2, -0.15) is 0 Å². The molecule has 0 aromatic heterocycles. The van der Waals surface area contributed by atoms with Crippen molar-refractivity contribution in [1.82, 2.24) is 10.6 Å². The van der Waals surface area contributed by atoms with Crippen molar-refractivity contribution in [2.75, 3.05) is 13.1 Å². The van der Waals surface area contributed by atoms with E-state index < -0.39 is 11.5 Å². The van der Waals surface area contributed by atoms with Crippen LogP contribution in [0.5, 0.6) is 0 Å². The molecule has 3 rings (SSSR count). The Balaban J connectivity index is 1.70. The van der Waals surface area contributed by atoms with Crippen molar-refractivity contribution < 1.29 is 9.90 Å². The fourth-order valence-corrected chi connectivity index (χ4v) is 4.79. The lowest BCUT2D eigenvalue weighted by Gasteiger charge is -2.39. The maximum Gasteiger partial charge on any atom is 0.229 e. The molecule has 3 aliphatic rings. The van der Waals surface area contributed by atoms with Crippen LogP contribution < -0.4 is 10.6 Å². The first-order valence-corrected chi connectivity index (χ1v) is 7.68. The van der Waals surface area contributed by atoms with Crippen LogP contribution in [-0.4, -0.2) is 36.2 Å². The van der Waals surface area contributed by atoms with Gasteiger partial charge in [-0.1, -0.05) is 13.8 Å². The summed E-state index contributed by atoms with van der Waals surface area (Å²) < 4.78 is 0. The molecule has 2 bridgehead atoms. The summed E-state index contributed by atoms with van der Waals surface area (Å²) in [6.07, 6.45) is 4.60. The summed E-state index contributed by atoms with van der Waals surface area (Å²) in [5, 5.41) is 16.9. The molecular weight excluding hydrogens is 240 g/mol. The predicted molar refractivity (Wildman–Crippen MR) is 73.6 cm³/mol. The van der Waals surface area contributed by atoms with Gasteiger partial charge in [0.2, 0.25) is 5.91 Å². The third-order valence-corrected chi connectivity index (χ3v) is 6.21. The van der Waals surface area contributed by atoms with E-state index in [0.717, 1.165) is 32.2 Å². The van der Waals surface area contributed by atoms with E-state index in [9.17, 15) is 9.90 Å². The molecule has 4 heteroatoms. The van der Waals surface area contributed by atoms with Gasteiger partial charge in [0.1, 0.15) is 0 Å². The highest BCUT2D eigenvalue weighted by atomic mass is 16.3. The van der Waals surface area contributed by atoms with E-state index in [1.807, 2.05) is 0 Å². The van der Waals surface area contributed by atoms with Gasteiger partial charge in [-0.3, -0.25) is 4.79 Å². The fourth-order valence-electron chi connectivity index (χ4n) is 4.79. The van der Waals surface area contributed by atoms with Crippen LogP contribution >= 0.6 is 0 Å². The second-order valence-corrected chi connectivity index (χ2v) is 7.18. The fraction of sp³-hybridized carbons (Fsp3) is 0.933. The van der Waals surface area contributed by atoms with Crippen LogP contribution in [0, 0.1) is 16.7 Å². The molecule has 1 amide bonds. The molecule has 1 saturated heterocycles. The highest BCUT2D eigenvalue weighted by Crippen LogP contribution is 2.65. The van der Waals surface area contributed by atoms with Crippen LogP contribution in [0.15, 0.2) is 0 Å². The number of rotatable bonds is 3. The highest BCUT2D eigenvalue weighted by Gasteiger charge is 2.67. The minimum absolute atomic E-state index is 0.0698. The summed E-state index contributed by atoms with van der Waals surface area (Å²) in [5.41, 5.74) is -0.615. The Morgan fingerprint density at radius 1 is 1.42 bits per heavy atom. The summed E-state index contributed by atoms with van der Waals surface area (Å²) in [7, 11) is 0. The van der Waals surface area contributed by atoms with Crippen molar-refractivity contribution in [3.63, 3.8) is 0 Å². The average molecular weight is 266 g/mol. The number of amides is 1. The Labute approximate surface area is 115 Å². The summed E-state index contributed by atoms with van der Waals surface area (Å²) in [4.78, 5) is 12.7. The first-order valence-electron chi connectivity index (χ1n) is 7.68. The zero-order chi connectivity index (χ0) is 13.7. The Bertz CT molecular complexity index is 376. The predicted octanol–water partition coefficient (Wildman–Crippen LogP) is 1.04. The van der Waals surface area contributed by atoms with Crippen molar-refractivity contribution in [2.45, 2.75) is 58.1 Å². The molecule has 2 saturated carbocycles. The number of carbonyl (C=O) groups excluding carboxylic acids is 1. The lowest BCUT2D eigenvalue weighted by Crippen LogP contribution is -2.53. The molecule has 3 N–H and O–H groups in total. The lowest BCUT2D eigenvalue weighted by molar-refractivity contribution is -0.142. The minimum Gasteiger partial charge on any atom is -0.392 e. The number of carbonyl (C=O) groups is 1. The maximum atomic E-state index is 12.7. The molecule has 1 aliphatic heterocycles. The van der Waals surface area contributed by atoms with Gasteiger partial charge in [0, 0.05) is 12.6 Å². The van der Waals surface area contributed by atoms with Crippen LogP contribution in [0.4, 0.5) is 0 Å². The molecule has 4 atom stereocenters. The maximum absolute atomic E-state index is 12.7. The molecule has 4 nitrogen and oxygen atoms in total. The number of aliphatic hydroxyl groups excluding tert-OH is 1. The highest BCUT2D eigenvalue weighted by molar-refractivity contribution is 5.85. The van der Waals surface area contributed by atoms with Crippen molar-refractivity contribution in [2.24, 2.45) is 16.7 Å². The van der Waals surface area contributed by atoms with Crippen molar-refractivity contribution >= 4 is 5.91 Å². The largest absolute Gasteiger partial charge is 0.392 e. The molecular formula is C15H26N2O2. The van der Waals surface area contributed by atoms with Gasteiger partial charge < -0.3 is 15.7 Å². The van der Waals surface area contributed by atoms with Crippen molar-refractivity contribution in [3.8, 4) is 0 Å². The van der Waals surface area contributed by atoms with Gasteiger partial charge in [-0.05, 0) is 50.0 Å². The van der Waals surface area contributed by atoms with E-state index in [4.69, 9.17) is 0 Å². The Morgan fingerprint density at radius 2 is 2.21 bits per heavy atom. The lowest BCUT2D eigenvalue weighted by atomic mass is 9.67. The van der Waals surface area contributed by atoms with E-state index in [2.05, 4.69) is 24.5 Å². The van der Waals surface area contributed by atoms with Gasteiger partial charge in [-0.25, -0.2) is 0 Å². The molecule has 3 fully saturated rings. The van der Waals surface area contributed by atoms with E-state index in [1.54, 1.807) is 0 Å². The molecule has 0 aromatic rings. The molecule has 2 aliphatic carbocycles. The number of hydrogen-bond acceptors (Lipinski definition) is 3. The van der Waals surface area contributed by atoms with Crippen molar-refractivity contribution in [1.29, 1.82) is 0 Å². The number of fused-ring (bicyclic) bond motifs is 2. The molecule has 19 heavy (non-hydrogen) atoms. The van der Waals surface area contributed by atoms with Crippen LogP contribution in [0.3, 0.4) is 0 Å². The summed E-state index contributed by atoms with van der Waals surface area (Å²) in [6, 6.07) is 0.416. The van der Waals surface area contributed by atoms with Crippen LogP contribution in [0.2, 0.25) is 0 Å². The molecule has 1 heterocycles. The molecule has 2 unspecified atom stereocenters. The summed E-state index contributed by atoms with van der Waals surface area (Å²) in [5.74, 6) is 0.580. The van der Waals surface area contributed by atoms with Gasteiger partial charge in [0.25, 0.3) is 0 Å². The Morgan fingerprint density at radius 3 is 2.74 bits per heavy atom. The second kappa shape index (κ2) is 4.45. The topological polar surface area (TPSA) is 61.4 Å². The quantitative estimate of drug-likeness (QED) is 0.715. The first-order chi connectivity index (χ1) is 8.98. The average Bonchev–Trinajstić information content (AvgIpc) is 3.00. The third-order valence-electron chi connectivity index (χ3n) is 6.21. The molecule has 108 valence electrons. The van der Waals surface area contributed by atoms with E-state index in [-0.39, 0.29) is 11.3 Å². The zero-order valence-corrected chi connectivity index (χ0v) is 12.0. The summed E-state index contributed by atoms with van der Waals surface area (Å²) in [6.45, 7) is 6.08. The standard InChI is InChI=1S/C15H26N2O2/c1-14(2)10-5-6-15(14,12(18)8-10)13(19)17-9-11-4-3-7-16-11/h10-12,16,18H,3-9H2,1-2H3,(H,17,19)/t10?,11-,12+,15?/m0/s1. The van der Waals surface area contributed by atoms with Gasteiger partial charge in [0.05, 0.1) is 11.5 Å². The van der Waals surface area contributed by atoms with Crippen molar-refractivity contribution in [3.05, 3.63) is 0 Å². The monoisotopic (exact) mass is 266 g/mol. The van der Waals surface area contributed by atoms with E-state index in [1.165, 1.54) is 6.42 Å². The number of aliphatic hydroxyl groups is 1. The minimum atomic E-state index is -0.545. The normalized spacial score (nSPS) is 43.6. The Kier molecular flexibility index (Phi) is 3.13. The molecule has 0 spiro atoms. The molecule has 0 aromatic carbocycles. The zero-order valence-electron chi connectivity index (χ0n) is 12.0. The Hall–Kier alpha value is -0.610. The SMILES string of the molecule is CC1(C)C2CCC1(C(=O)NC[C@@H]1CCCN1)[C@H](O)C2. The number of nitrogens with one attached hydrogen (secondary N) is 2. The van der Waals surface area contributed by atoms with Gasteiger partial charge >= 0.3 is 0 Å². The summed E-state index contributed by atoms with van der Waals surface area (Å²) >= 11 is 0. The van der Waals surface area contributed by atoms with E-state index in [0.29, 0.717) is 18.5 Å². The smallest absolute Gasteiger partial charge is 0.229 e. The van der Waals surface area contributed by atoms with Gasteiger partial charge in [-0.15, -0.1) is 0 Å². The van der Waals surface area contributed by atoms with Crippen LogP contribution in [-0.2, 0) is 4.79 Å². The van der Waals surface area contributed by atoms with E-state index >= 15 is 0 Å². The van der Waals surface area contributed by atoms with Gasteiger partial charge in [0.15, 0.2) is 0 Å². The number of hydrogen-bond donors (Lipinski definition) is 3. The van der Waals surface area contributed by atoms with Crippen LogP contribution in [0.1, 0.15) is 46.0 Å². The first kappa shape index (κ1) is 13.4. The third kappa shape index (κ3) is 1.76. The molecule has 0 radical (unpaired) electrons.